The molecule has 1 N–H and O–H groups in total. The highest BCUT2D eigenvalue weighted by Gasteiger charge is 2.15. The van der Waals surface area contributed by atoms with Crippen LogP contribution in [0.25, 0.3) is 27.0 Å². The van der Waals surface area contributed by atoms with Gasteiger partial charge in [-0.1, -0.05) is 30.3 Å². The van der Waals surface area contributed by atoms with Gasteiger partial charge >= 0.3 is 0 Å². The van der Waals surface area contributed by atoms with Crippen molar-refractivity contribution in [3.8, 4) is 11.3 Å². The molecule has 3 aromatic heterocycles. The van der Waals surface area contributed by atoms with Crippen LogP contribution in [0.5, 0.6) is 0 Å². The van der Waals surface area contributed by atoms with Crippen molar-refractivity contribution < 1.29 is 4.79 Å². The zero-order chi connectivity index (χ0) is 16.0. The number of thiophene rings is 1. The van der Waals surface area contributed by atoms with E-state index in [-0.39, 0.29) is 11.5 Å². The highest BCUT2D eigenvalue weighted by atomic mass is 32.1. The van der Waals surface area contributed by atoms with Crippen LogP contribution in [0.1, 0.15) is 6.92 Å². The number of benzene rings is 1. The standard InChI is InChI=1S/C17H13N3O2S/c1-11(21)18-20-15(12-5-3-2-4-6-12)10-19-13-7-8-23-16(13)9-14(19)17(20)22/h2-10H,1H3,(H,18,21). The highest BCUT2D eigenvalue weighted by Crippen LogP contribution is 2.26. The average Bonchev–Trinajstić information content (AvgIpc) is 3.12. The van der Waals surface area contributed by atoms with Crippen molar-refractivity contribution in [3.63, 3.8) is 0 Å². The second-order valence-electron chi connectivity index (χ2n) is 5.26. The van der Waals surface area contributed by atoms with Gasteiger partial charge in [-0.2, -0.15) is 0 Å². The Hall–Kier alpha value is -2.86. The van der Waals surface area contributed by atoms with Crippen molar-refractivity contribution in [3.05, 3.63) is 64.4 Å². The molecule has 0 fully saturated rings. The minimum atomic E-state index is -0.290. The summed E-state index contributed by atoms with van der Waals surface area (Å²) in [7, 11) is 0. The van der Waals surface area contributed by atoms with Crippen molar-refractivity contribution in [1.82, 2.24) is 9.08 Å². The Bertz CT molecular complexity index is 1090. The summed E-state index contributed by atoms with van der Waals surface area (Å²) < 4.78 is 4.24. The first-order valence-corrected chi connectivity index (χ1v) is 8.00. The van der Waals surface area contributed by atoms with Crippen molar-refractivity contribution in [2.45, 2.75) is 6.92 Å². The Morgan fingerprint density at radius 1 is 1.13 bits per heavy atom. The lowest BCUT2D eigenvalue weighted by atomic mass is 10.1. The van der Waals surface area contributed by atoms with E-state index in [1.807, 2.05) is 58.4 Å². The van der Waals surface area contributed by atoms with Gasteiger partial charge in [-0.15, -0.1) is 11.3 Å². The van der Waals surface area contributed by atoms with Gasteiger partial charge in [0.05, 0.1) is 15.9 Å². The molecular weight excluding hydrogens is 310 g/mol. The van der Waals surface area contributed by atoms with Crippen molar-refractivity contribution in [2.24, 2.45) is 0 Å². The molecule has 3 heterocycles. The summed E-state index contributed by atoms with van der Waals surface area (Å²) >= 11 is 1.59. The lowest BCUT2D eigenvalue weighted by molar-refractivity contribution is -0.115. The fourth-order valence-electron chi connectivity index (χ4n) is 2.73. The number of aromatic nitrogens is 2. The smallest absolute Gasteiger partial charge is 0.294 e. The summed E-state index contributed by atoms with van der Waals surface area (Å²) in [6.45, 7) is 1.39. The number of hydrogen-bond acceptors (Lipinski definition) is 3. The Labute approximate surface area is 135 Å². The molecule has 0 bridgehead atoms. The van der Waals surface area contributed by atoms with Gasteiger partial charge in [0.25, 0.3) is 5.56 Å². The average molecular weight is 323 g/mol. The molecule has 1 aromatic carbocycles. The zero-order valence-corrected chi connectivity index (χ0v) is 13.1. The first-order chi connectivity index (χ1) is 11.1. The Balaban J connectivity index is 2.12. The minimum absolute atomic E-state index is 0.245. The van der Waals surface area contributed by atoms with Gasteiger partial charge in [-0.25, -0.2) is 4.68 Å². The molecule has 0 aliphatic carbocycles. The number of hydrogen-bond donors (Lipinski definition) is 1. The Kier molecular flexibility index (Phi) is 3.06. The molecule has 23 heavy (non-hydrogen) atoms. The van der Waals surface area contributed by atoms with Gasteiger partial charge in [0, 0.05) is 18.7 Å². The number of nitrogens with one attached hydrogen (secondary N) is 1. The Morgan fingerprint density at radius 2 is 1.91 bits per heavy atom. The van der Waals surface area contributed by atoms with Gasteiger partial charge in [-0.3, -0.25) is 15.0 Å². The molecule has 114 valence electrons. The van der Waals surface area contributed by atoms with Gasteiger partial charge < -0.3 is 4.40 Å². The van der Waals surface area contributed by atoms with E-state index in [9.17, 15) is 9.59 Å². The van der Waals surface area contributed by atoms with Crippen LogP contribution in [0.4, 0.5) is 0 Å². The molecule has 0 aliphatic heterocycles. The number of carbonyl (C=O) groups is 1. The zero-order valence-electron chi connectivity index (χ0n) is 12.3. The van der Waals surface area contributed by atoms with E-state index in [0.717, 1.165) is 15.8 Å². The number of fused-ring (bicyclic) bond motifs is 3. The largest absolute Gasteiger partial charge is 0.309 e. The van der Waals surface area contributed by atoms with Crippen LogP contribution in [0, 0.1) is 0 Å². The summed E-state index contributed by atoms with van der Waals surface area (Å²) in [6.07, 6.45) is 1.89. The normalized spacial score (nSPS) is 11.2. The molecule has 4 aromatic rings. The van der Waals surface area contributed by atoms with Crippen LogP contribution in [-0.4, -0.2) is 15.0 Å². The van der Waals surface area contributed by atoms with Gasteiger partial charge in [0.2, 0.25) is 5.91 Å². The predicted molar refractivity (Wildman–Crippen MR) is 92.5 cm³/mol. The monoisotopic (exact) mass is 323 g/mol. The van der Waals surface area contributed by atoms with Crippen LogP contribution in [0.3, 0.4) is 0 Å². The second kappa shape index (κ2) is 5.10. The fourth-order valence-corrected chi connectivity index (χ4v) is 3.54. The number of rotatable bonds is 2. The second-order valence-corrected chi connectivity index (χ2v) is 6.21. The minimum Gasteiger partial charge on any atom is -0.309 e. The molecular formula is C17H13N3O2S. The van der Waals surface area contributed by atoms with Crippen LogP contribution in [-0.2, 0) is 4.79 Å². The first kappa shape index (κ1) is 13.8. The maximum Gasteiger partial charge on any atom is 0.294 e. The SMILES string of the molecule is CC(=O)Nn1c(-c2ccccc2)cn2c(cc3sccc32)c1=O. The topological polar surface area (TPSA) is 55.5 Å². The molecule has 4 rings (SSSR count). The van der Waals surface area contributed by atoms with Crippen molar-refractivity contribution in [1.29, 1.82) is 0 Å². The van der Waals surface area contributed by atoms with Crippen molar-refractivity contribution in [2.75, 3.05) is 5.43 Å². The van der Waals surface area contributed by atoms with E-state index in [1.54, 1.807) is 11.3 Å². The number of carbonyl (C=O) groups excluding carboxylic acids is 1. The molecule has 0 atom stereocenters. The molecule has 1 amide bonds. The van der Waals surface area contributed by atoms with Crippen LogP contribution in [0.15, 0.2) is 58.8 Å². The van der Waals surface area contributed by atoms with Gasteiger partial charge in [0.15, 0.2) is 0 Å². The molecule has 0 aliphatic rings. The summed E-state index contributed by atoms with van der Waals surface area (Å²) in [5.74, 6) is -0.290. The Morgan fingerprint density at radius 3 is 2.65 bits per heavy atom. The van der Waals surface area contributed by atoms with Crippen molar-refractivity contribution >= 4 is 33.0 Å². The maximum absolute atomic E-state index is 12.9. The molecule has 6 heteroatoms. The summed E-state index contributed by atoms with van der Waals surface area (Å²) in [6, 6.07) is 13.4. The van der Waals surface area contributed by atoms with E-state index < -0.39 is 0 Å². The molecule has 0 saturated carbocycles. The summed E-state index contributed by atoms with van der Waals surface area (Å²) in [5, 5.41) is 2.00. The van der Waals surface area contributed by atoms with Gasteiger partial charge in [0.1, 0.15) is 5.52 Å². The van der Waals surface area contributed by atoms with Gasteiger partial charge in [-0.05, 0) is 17.5 Å². The number of amides is 1. The number of nitrogens with zero attached hydrogens (tertiary/aromatic N) is 2. The third-order valence-corrected chi connectivity index (χ3v) is 4.57. The van der Waals surface area contributed by atoms with E-state index in [2.05, 4.69) is 5.43 Å². The van der Waals surface area contributed by atoms with E-state index >= 15 is 0 Å². The van der Waals surface area contributed by atoms with Crippen LogP contribution < -0.4 is 11.0 Å². The van der Waals surface area contributed by atoms with E-state index in [0.29, 0.717) is 11.2 Å². The third kappa shape index (κ3) is 2.15. The molecule has 0 spiro atoms. The fraction of sp³-hybridized carbons (Fsp3) is 0.0588. The maximum atomic E-state index is 12.9. The molecule has 0 saturated heterocycles. The van der Waals surface area contributed by atoms with E-state index in [1.165, 1.54) is 11.6 Å². The third-order valence-electron chi connectivity index (χ3n) is 3.71. The quantitative estimate of drug-likeness (QED) is 0.616. The van der Waals surface area contributed by atoms with E-state index in [4.69, 9.17) is 0 Å². The predicted octanol–water partition coefficient (Wildman–Crippen LogP) is 3.07. The summed E-state index contributed by atoms with van der Waals surface area (Å²) in [4.78, 5) is 24.4. The lowest BCUT2D eigenvalue weighted by Gasteiger charge is -2.14. The first-order valence-electron chi connectivity index (χ1n) is 7.12. The molecule has 5 nitrogen and oxygen atoms in total. The lowest BCUT2D eigenvalue weighted by Crippen LogP contribution is -2.33. The molecule has 0 unspecified atom stereocenters. The highest BCUT2D eigenvalue weighted by molar-refractivity contribution is 7.17. The molecule has 0 radical (unpaired) electrons. The van der Waals surface area contributed by atoms with Crippen LogP contribution in [0.2, 0.25) is 0 Å². The summed E-state index contributed by atoms with van der Waals surface area (Å²) in [5.41, 5.74) is 5.41. The van der Waals surface area contributed by atoms with Crippen LogP contribution >= 0.6 is 11.3 Å².